The maximum absolute atomic E-state index is 11.8. The van der Waals surface area contributed by atoms with Crippen molar-refractivity contribution in [1.29, 1.82) is 0 Å². The Morgan fingerprint density at radius 1 is 1.59 bits per heavy atom. The van der Waals surface area contributed by atoms with Gasteiger partial charge in [-0.3, -0.25) is 9.00 Å². The molecule has 2 aromatic rings. The molecule has 0 radical (unpaired) electrons. The molecule has 2 heterocycles. The van der Waals surface area contributed by atoms with Crippen LogP contribution in [-0.2, 0) is 20.3 Å². The Balaban J connectivity index is 2.06. The van der Waals surface area contributed by atoms with Crippen molar-refractivity contribution in [1.82, 2.24) is 9.97 Å². The number of fused-ring (bicyclic) bond motifs is 1. The van der Waals surface area contributed by atoms with Crippen LogP contribution in [-0.4, -0.2) is 32.5 Å². The molecular formula is C10H10N2O3S2. The Morgan fingerprint density at radius 3 is 3.12 bits per heavy atom. The third-order valence-electron chi connectivity index (χ3n) is 1.92. The summed E-state index contributed by atoms with van der Waals surface area (Å²) < 4.78 is 17.1. The second kappa shape index (κ2) is 5.33. The lowest BCUT2D eigenvalue weighted by Gasteiger charge is -1.99. The van der Waals surface area contributed by atoms with Crippen LogP contribution in [0.2, 0.25) is 0 Å². The van der Waals surface area contributed by atoms with Crippen molar-refractivity contribution in [2.45, 2.75) is 11.3 Å². The minimum Gasteiger partial charge on any atom is -0.465 e. The fraction of sp³-hybridized carbons (Fsp3) is 0.300. The number of carbonyl (C=O) groups excluding carboxylic acids is 1. The Labute approximate surface area is 104 Å². The zero-order valence-electron chi connectivity index (χ0n) is 9.08. The highest BCUT2D eigenvalue weighted by atomic mass is 32.2. The van der Waals surface area contributed by atoms with Gasteiger partial charge in [-0.25, -0.2) is 9.97 Å². The molecule has 2 rings (SSSR count). The molecule has 0 fully saturated rings. The molecule has 0 aromatic carbocycles. The van der Waals surface area contributed by atoms with Crippen LogP contribution in [0.15, 0.2) is 22.7 Å². The van der Waals surface area contributed by atoms with Crippen LogP contribution in [0.25, 0.3) is 10.3 Å². The maximum Gasteiger partial charge on any atom is 0.302 e. The normalized spacial score (nSPS) is 12.5. The average Bonchev–Trinajstić information content (AvgIpc) is 2.71. The third kappa shape index (κ3) is 3.07. The first kappa shape index (κ1) is 12.1. The van der Waals surface area contributed by atoms with Crippen molar-refractivity contribution in [2.24, 2.45) is 0 Å². The smallest absolute Gasteiger partial charge is 0.302 e. The standard InChI is InChI=1S/C10H10N2O3S2/c1-7(13)15-5-6-17(14)10-12-8-3-2-4-11-9(8)16-10/h2-4H,5-6H2,1H3. The van der Waals surface area contributed by atoms with E-state index in [1.807, 2.05) is 6.07 Å². The van der Waals surface area contributed by atoms with Gasteiger partial charge in [0.25, 0.3) is 0 Å². The number of pyridine rings is 1. The van der Waals surface area contributed by atoms with Crippen molar-refractivity contribution in [2.75, 3.05) is 12.4 Å². The summed E-state index contributed by atoms with van der Waals surface area (Å²) in [5.41, 5.74) is 0.744. The molecule has 1 unspecified atom stereocenters. The van der Waals surface area contributed by atoms with Gasteiger partial charge >= 0.3 is 5.97 Å². The van der Waals surface area contributed by atoms with Crippen LogP contribution in [0.5, 0.6) is 0 Å². The third-order valence-corrected chi connectivity index (χ3v) is 4.52. The van der Waals surface area contributed by atoms with Crippen LogP contribution >= 0.6 is 11.3 Å². The fourth-order valence-electron chi connectivity index (χ4n) is 1.20. The van der Waals surface area contributed by atoms with Gasteiger partial charge in [-0.05, 0) is 12.1 Å². The summed E-state index contributed by atoms with van der Waals surface area (Å²) in [5, 5.41) is 0. The molecule has 0 saturated heterocycles. The number of ether oxygens (including phenoxy) is 1. The monoisotopic (exact) mass is 270 g/mol. The van der Waals surface area contributed by atoms with Crippen molar-refractivity contribution in [3.63, 3.8) is 0 Å². The molecule has 1 atom stereocenters. The van der Waals surface area contributed by atoms with Gasteiger partial charge in [0, 0.05) is 13.1 Å². The zero-order valence-corrected chi connectivity index (χ0v) is 10.7. The molecule has 7 heteroatoms. The van der Waals surface area contributed by atoms with Crippen LogP contribution in [0.1, 0.15) is 6.92 Å². The highest BCUT2D eigenvalue weighted by molar-refractivity contribution is 7.87. The molecule has 5 nitrogen and oxygen atoms in total. The summed E-state index contributed by atoms with van der Waals surface area (Å²) in [6.45, 7) is 1.47. The quantitative estimate of drug-likeness (QED) is 0.785. The average molecular weight is 270 g/mol. The predicted octanol–water partition coefficient (Wildman–Crippen LogP) is 1.36. The first-order valence-electron chi connectivity index (χ1n) is 4.90. The number of thiazole rings is 1. The van der Waals surface area contributed by atoms with E-state index < -0.39 is 10.8 Å². The van der Waals surface area contributed by atoms with Crippen molar-refractivity contribution < 1.29 is 13.7 Å². The first-order valence-corrected chi connectivity index (χ1v) is 7.03. The molecule has 0 bridgehead atoms. The SMILES string of the molecule is CC(=O)OCCS(=O)c1nc2cccnc2s1. The largest absolute Gasteiger partial charge is 0.465 e. The highest BCUT2D eigenvalue weighted by Gasteiger charge is 2.11. The predicted molar refractivity (Wildman–Crippen MR) is 65.3 cm³/mol. The van der Waals surface area contributed by atoms with E-state index in [0.717, 1.165) is 10.3 Å². The number of hydrogen-bond donors (Lipinski definition) is 0. The summed E-state index contributed by atoms with van der Waals surface area (Å²) in [4.78, 5) is 19.7. The second-order valence-electron chi connectivity index (χ2n) is 3.20. The van der Waals surface area contributed by atoms with E-state index in [0.29, 0.717) is 4.34 Å². The van der Waals surface area contributed by atoms with Gasteiger partial charge in [0.1, 0.15) is 17.0 Å². The van der Waals surface area contributed by atoms with Gasteiger partial charge < -0.3 is 4.74 Å². The minimum atomic E-state index is -1.24. The van der Waals surface area contributed by atoms with Crippen LogP contribution < -0.4 is 0 Å². The van der Waals surface area contributed by atoms with Crippen molar-refractivity contribution in [3.05, 3.63) is 18.3 Å². The van der Waals surface area contributed by atoms with E-state index >= 15 is 0 Å². The van der Waals surface area contributed by atoms with Gasteiger partial charge in [0.2, 0.25) is 0 Å². The van der Waals surface area contributed by atoms with Gasteiger partial charge in [0.05, 0.1) is 16.6 Å². The lowest BCUT2D eigenvalue weighted by molar-refractivity contribution is -0.140. The topological polar surface area (TPSA) is 69.2 Å². The van der Waals surface area contributed by atoms with E-state index in [1.165, 1.54) is 18.3 Å². The van der Waals surface area contributed by atoms with E-state index in [-0.39, 0.29) is 18.3 Å². The summed E-state index contributed by atoms with van der Waals surface area (Å²) >= 11 is 1.30. The van der Waals surface area contributed by atoms with Gasteiger partial charge in [0.15, 0.2) is 4.34 Å². The number of hydrogen-bond acceptors (Lipinski definition) is 6. The molecule has 2 aromatic heterocycles. The summed E-state index contributed by atoms with van der Waals surface area (Å²) in [6, 6.07) is 3.61. The number of nitrogens with zero attached hydrogens (tertiary/aromatic N) is 2. The molecule has 0 aliphatic rings. The summed E-state index contributed by atoms with van der Waals surface area (Å²) in [6.07, 6.45) is 1.67. The Bertz CT molecular complexity index is 534. The van der Waals surface area contributed by atoms with Gasteiger partial charge in [-0.2, -0.15) is 0 Å². The zero-order chi connectivity index (χ0) is 12.3. The van der Waals surface area contributed by atoms with E-state index in [2.05, 4.69) is 9.97 Å². The number of esters is 1. The number of aromatic nitrogens is 2. The molecule has 0 spiro atoms. The van der Waals surface area contributed by atoms with Gasteiger partial charge in [-0.15, -0.1) is 0 Å². The Kier molecular flexibility index (Phi) is 3.80. The summed E-state index contributed by atoms with van der Waals surface area (Å²) in [7, 11) is -1.24. The lowest BCUT2D eigenvalue weighted by atomic mass is 10.5. The molecule has 0 aliphatic heterocycles. The Morgan fingerprint density at radius 2 is 2.41 bits per heavy atom. The molecule has 0 N–H and O–H groups in total. The lowest BCUT2D eigenvalue weighted by Crippen LogP contribution is -2.09. The molecule has 90 valence electrons. The molecule has 0 amide bonds. The molecule has 0 saturated carbocycles. The van der Waals surface area contributed by atoms with E-state index in [9.17, 15) is 9.00 Å². The van der Waals surface area contributed by atoms with Crippen LogP contribution in [0, 0.1) is 0 Å². The molecule has 17 heavy (non-hydrogen) atoms. The van der Waals surface area contributed by atoms with Crippen molar-refractivity contribution >= 4 is 38.5 Å². The first-order chi connectivity index (χ1) is 8.16. The molecular weight excluding hydrogens is 260 g/mol. The van der Waals surface area contributed by atoms with Crippen LogP contribution in [0.3, 0.4) is 0 Å². The van der Waals surface area contributed by atoms with Gasteiger partial charge in [-0.1, -0.05) is 11.3 Å². The summed E-state index contributed by atoms with van der Waals surface area (Å²) in [5.74, 6) is -0.104. The maximum atomic E-state index is 11.8. The second-order valence-corrected chi connectivity index (χ2v) is 5.92. The number of rotatable bonds is 4. The fourth-order valence-corrected chi connectivity index (χ4v) is 3.30. The minimum absolute atomic E-state index is 0.144. The van der Waals surface area contributed by atoms with E-state index in [1.54, 1.807) is 12.3 Å². The van der Waals surface area contributed by atoms with E-state index in [4.69, 9.17) is 4.74 Å². The Hall–Kier alpha value is -1.34. The number of carbonyl (C=O) groups is 1. The van der Waals surface area contributed by atoms with Crippen LogP contribution in [0.4, 0.5) is 0 Å². The highest BCUT2D eigenvalue weighted by Crippen LogP contribution is 2.21. The molecule has 0 aliphatic carbocycles. The van der Waals surface area contributed by atoms with Crippen molar-refractivity contribution in [3.8, 4) is 0 Å².